The highest BCUT2D eigenvalue weighted by Crippen LogP contribution is 2.40. The first kappa shape index (κ1) is 32.3. The minimum absolute atomic E-state index is 0.0381. The molecule has 1 saturated heterocycles. The molecule has 2 aromatic rings. The van der Waals surface area contributed by atoms with Gasteiger partial charge in [-0.1, -0.05) is 29.8 Å². The van der Waals surface area contributed by atoms with Gasteiger partial charge in [0.15, 0.2) is 5.96 Å². The van der Waals surface area contributed by atoms with Gasteiger partial charge in [0.25, 0.3) is 5.91 Å². The molecule has 0 spiro atoms. The quantitative estimate of drug-likeness (QED) is 0.328. The number of guanidine groups is 1. The lowest BCUT2D eigenvalue weighted by Crippen LogP contribution is -2.62. The van der Waals surface area contributed by atoms with Crippen LogP contribution in [-0.2, 0) is 15.1 Å². The van der Waals surface area contributed by atoms with E-state index >= 15 is 0 Å². The molecule has 1 atom stereocenters. The molecule has 1 aliphatic heterocycles. The fourth-order valence-electron chi connectivity index (χ4n) is 4.69. The number of anilines is 1. The van der Waals surface area contributed by atoms with Crippen molar-refractivity contribution in [3.8, 4) is 6.07 Å². The van der Waals surface area contributed by atoms with E-state index in [1.807, 2.05) is 6.07 Å². The van der Waals surface area contributed by atoms with Gasteiger partial charge in [0.2, 0.25) is 11.8 Å². The van der Waals surface area contributed by atoms with E-state index in [4.69, 9.17) is 32.2 Å². The number of nitrogens with zero attached hydrogens (tertiary/aromatic N) is 2. The van der Waals surface area contributed by atoms with Crippen LogP contribution in [0.4, 0.5) is 27.6 Å². The molecule has 2 amide bonds. The SMILES string of the molecule is C[C@@]1(c2cccc(NC(=O)c3cccc(C#N)c3)c2Cl)CC(=O)N(C2CCC(F)(F)CC2)C(=N)N1.O=C(O)C(F)(F)F. The molecule has 1 saturated carbocycles. The molecule has 1 heterocycles. The van der Waals surface area contributed by atoms with Crippen molar-refractivity contribution in [3.05, 3.63) is 64.2 Å². The number of rotatable bonds is 4. The predicted molar refractivity (Wildman–Crippen MR) is 141 cm³/mol. The Labute approximate surface area is 241 Å². The molecule has 224 valence electrons. The number of hydrogen-bond donors (Lipinski definition) is 4. The Hall–Kier alpha value is -4.25. The van der Waals surface area contributed by atoms with Gasteiger partial charge in [0.1, 0.15) is 0 Å². The Balaban J connectivity index is 0.000000616. The van der Waals surface area contributed by atoms with Crippen molar-refractivity contribution in [1.29, 1.82) is 10.7 Å². The fraction of sp³-hybridized carbons (Fsp3) is 0.370. The molecule has 15 heteroatoms. The summed E-state index contributed by atoms with van der Waals surface area (Å²) in [4.78, 5) is 36.0. The third-order valence-electron chi connectivity index (χ3n) is 6.80. The van der Waals surface area contributed by atoms with Crippen LogP contribution in [0, 0.1) is 16.7 Å². The van der Waals surface area contributed by atoms with Gasteiger partial charge < -0.3 is 15.7 Å². The number of carboxylic acid groups (broad SMARTS) is 1. The highest BCUT2D eigenvalue weighted by Gasteiger charge is 2.46. The lowest BCUT2D eigenvalue weighted by atomic mass is 9.84. The Morgan fingerprint density at radius 1 is 1.19 bits per heavy atom. The van der Waals surface area contributed by atoms with Gasteiger partial charge in [-0.2, -0.15) is 18.4 Å². The van der Waals surface area contributed by atoms with Gasteiger partial charge >= 0.3 is 12.1 Å². The van der Waals surface area contributed by atoms with Gasteiger partial charge in [-0.25, -0.2) is 13.6 Å². The summed E-state index contributed by atoms with van der Waals surface area (Å²) in [6.07, 6.45) is -5.47. The van der Waals surface area contributed by atoms with Crippen LogP contribution in [0.15, 0.2) is 42.5 Å². The van der Waals surface area contributed by atoms with Gasteiger partial charge in [0, 0.05) is 24.4 Å². The maximum Gasteiger partial charge on any atom is 0.490 e. The molecule has 1 aliphatic carbocycles. The average Bonchev–Trinajstić information content (AvgIpc) is 2.90. The molecular formula is C27H25ClF5N5O4. The average molecular weight is 614 g/mol. The van der Waals surface area contributed by atoms with Crippen molar-refractivity contribution in [2.24, 2.45) is 0 Å². The number of aliphatic carboxylic acids is 1. The molecule has 2 aliphatic rings. The van der Waals surface area contributed by atoms with E-state index in [1.54, 1.807) is 43.3 Å². The van der Waals surface area contributed by atoms with E-state index < -0.39 is 35.6 Å². The van der Waals surface area contributed by atoms with E-state index in [-0.39, 0.29) is 54.6 Å². The number of hydrogen-bond acceptors (Lipinski definition) is 5. The highest BCUT2D eigenvalue weighted by molar-refractivity contribution is 6.35. The molecule has 4 N–H and O–H groups in total. The molecule has 0 bridgehead atoms. The van der Waals surface area contributed by atoms with E-state index in [9.17, 15) is 31.5 Å². The van der Waals surface area contributed by atoms with Crippen LogP contribution >= 0.6 is 11.6 Å². The lowest BCUT2D eigenvalue weighted by molar-refractivity contribution is -0.192. The van der Waals surface area contributed by atoms with E-state index in [0.717, 1.165) is 0 Å². The summed E-state index contributed by atoms with van der Waals surface area (Å²) < 4.78 is 58.9. The first-order valence-corrected chi connectivity index (χ1v) is 12.8. The molecule has 2 aromatic carbocycles. The van der Waals surface area contributed by atoms with Crippen molar-refractivity contribution < 1.29 is 41.4 Å². The molecule has 4 rings (SSSR count). The number of nitrogens with one attached hydrogen (secondary N) is 3. The van der Waals surface area contributed by atoms with Crippen LogP contribution in [0.3, 0.4) is 0 Å². The van der Waals surface area contributed by atoms with E-state index in [1.165, 1.54) is 11.0 Å². The first-order chi connectivity index (χ1) is 19.5. The maximum atomic E-state index is 13.6. The van der Waals surface area contributed by atoms with Crippen LogP contribution in [-0.4, -0.2) is 51.9 Å². The number of alkyl halides is 5. The second-order valence-electron chi connectivity index (χ2n) is 9.95. The zero-order valence-corrected chi connectivity index (χ0v) is 22.7. The Bertz CT molecular complexity index is 1410. The molecular weight excluding hydrogens is 589 g/mol. The summed E-state index contributed by atoms with van der Waals surface area (Å²) in [5.41, 5.74) is 0.422. The molecule has 42 heavy (non-hydrogen) atoms. The number of carboxylic acids is 1. The Kier molecular flexibility index (Phi) is 9.46. The monoisotopic (exact) mass is 613 g/mol. The zero-order chi connectivity index (χ0) is 31.5. The summed E-state index contributed by atoms with van der Waals surface area (Å²) in [7, 11) is 0. The third-order valence-corrected chi connectivity index (χ3v) is 7.21. The van der Waals surface area contributed by atoms with Gasteiger partial charge in [-0.3, -0.25) is 19.9 Å². The Morgan fingerprint density at radius 3 is 2.33 bits per heavy atom. The summed E-state index contributed by atoms with van der Waals surface area (Å²) in [5, 5.41) is 30.6. The number of nitriles is 1. The van der Waals surface area contributed by atoms with Crippen LogP contribution in [0.1, 0.15) is 60.5 Å². The maximum absolute atomic E-state index is 13.6. The van der Waals surface area contributed by atoms with Crippen LogP contribution in [0.2, 0.25) is 5.02 Å². The van der Waals surface area contributed by atoms with Gasteiger partial charge in [-0.15, -0.1) is 0 Å². The standard InChI is InChI=1S/C25H24ClF2N5O2.C2HF3O2/c1-24(13-20(34)33(23(30)32-24)17-8-10-25(27,28)11-9-17)18-6-3-7-19(21(18)26)31-22(35)16-5-2-4-15(12-16)14-29;3-2(4,5)1(6)7/h2-7,12,17H,8-11,13H2,1H3,(H2,30,32)(H,31,35);(H,6,7)/t24-;/m0./s1. The summed E-state index contributed by atoms with van der Waals surface area (Å²) >= 11 is 6.65. The first-order valence-electron chi connectivity index (χ1n) is 12.4. The predicted octanol–water partition coefficient (Wildman–Crippen LogP) is 5.65. The summed E-state index contributed by atoms with van der Waals surface area (Å²) in [6.45, 7) is 1.73. The van der Waals surface area contributed by atoms with Gasteiger partial charge in [-0.05, 0) is 49.6 Å². The largest absolute Gasteiger partial charge is 0.490 e. The van der Waals surface area contributed by atoms with Crippen molar-refractivity contribution in [2.75, 3.05) is 5.32 Å². The fourth-order valence-corrected chi connectivity index (χ4v) is 5.07. The normalized spacial score (nSPS) is 20.5. The van der Waals surface area contributed by atoms with Crippen LogP contribution in [0.5, 0.6) is 0 Å². The minimum atomic E-state index is -5.08. The van der Waals surface area contributed by atoms with Crippen LogP contribution < -0.4 is 10.6 Å². The smallest absolute Gasteiger partial charge is 0.475 e. The second-order valence-corrected chi connectivity index (χ2v) is 10.3. The summed E-state index contributed by atoms with van der Waals surface area (Å²) in [6, 6.07) is 12.8. The number of halogens is 6. The van der Waals surface area contributed by atoms with Crippen molar-refractivity contribution in [2.45, 2.75) is 62.7 Å². The third kappa shape index (κ3) is 7.52. The lowest BCUT2D eigenvalue weighted by Gasteiger charge is -2.45. The van der Waals surface area contributed by atoms with Crippen molar-refractivity contribution in [1.82, 2.24) is 10.2 Å². The molecule has 0 unspecified atom stereocenters. The van der Waals surface area contributed by atoms with Gasteiger partial charge in [0.05, 0.1) is 34.3 Å². The topological polar surface area (TPSA) is 146 Å². The highest BCUT2D eigenvalue weighted by atomic mass is 35.5. The van der Waals surface area contributed by atoms with E-state index in [0.29, 0.717) is 16.8 Å². The second kappa shape index (κ2) is 12.3. The van der Waals surface area contributed by atoms with Crippen LogP contribution in [0.25, 0.3) is 0 Å². The number of carbonyl (C=O) groups excluding carboxylic acids is 2. The van der Waals surface area contributed by atoms with Crippen molar-refractivity contribution >= 4 is 41.0 Å². The molecule has 2 fully saturated rings. The Morgan fingerprint density at radius 2 is 1.79 bits per heavy atom. The zero-order valence-electron chi connectivity index (χ0n) is 22.0. The van der Waals surface area contributed by atoms with Crippen molar-refractivity contribution in [3.63, 3.8) is 0 Å². The molecule has 0 aromatic heterocycles. The summed E-state index contributed by atoms with van der Waals surface area (Å²) in [5.74, 6) is -6.43. The number of carbonyl (C=O) groups is 3. The molecule has 9 nitrogen and oxygen atoms in total. The van der Waals surface area contributed by atoms with E-state index in [2.05, 4.69) is 10.6 Å². The molecule has 0 radical (unpaired) electrons. The minimum Gasteiger partial charge on any atom is -0.475 e. The number of amides is 2. The number of benzene rings is 2.